The van der Waals surface area contributed by atoms with E-state index in [0.29, 0.717) is 0 Å². The van der Waals surface area contributed by atoms with Crippen molar-refractivity contribution in [1.82, 2.24) is 0 Å². The van der Waals surface area contributed by atoms with Crippen LogP contribution in [0.5, 0.6) is 0 Å². The molecule has 1 saturated heterocycles. The second-order valence-electron chi connectivity index (χ2n) is 4.69. The molecule has 112 valence electrons. The summed E-state index contributed by atoms with van der Waals surface area (Å²) in [7, 11) is 0. The average molecular weight is 400 g/mol. The summed E-state index contributed by atoms with van der Waals surface area (Å²) in [4.78, 5) is 0. The standard InChI is InChI=1S/C13H15F2IO4/c14-13(15,7-4-2-1-3-5-7)12-11(19)10(18)9(16)8(6-17)20-12/h1-5,8-12,17-19H,6H2/t8-,9-,10+,11-,12-/m1/s1. The number of hydrogen-bond donors (Lipinski definition) is 3. The summed E-state index contributed by atoms with van der Waals surface area (Å²) in [6.07, 6.45) is -5.97. The van der Waals surface area contributed by atoms with Crippen molar-refractivity contribution in [2.24, 2.45) is 0 Å². The minimum Gasteiger partial charge on any atom is -0.394 e. The van der Waals surface area contributed by atoms with Gasteiger partial charge in [0.15, 0.2) is 6.10 Å². The number of hydrogen-bond acceptors (Lipinski definition) is 4. The van der Waals surface area contributed by atoms with Crippen LogP contribution in [0, 0.1) is 0 Å². The van der Waals surface area contributed by atoms with E-state index in [0.717, 1.165) is 0 Å². The Hall–Kier alpha value is -0.350. The van der Waals surface area contributed by atoms with Gasteiger partial charge in [-0.1, -0.05) is 52.9 Å². The van der Waals surface area contributed by atoms with Crippen molar-refractivity contribution in [1.29, 1.82) is 0 Å². The molecule has 1 aromatic carbocycles. The molecule has 1 aromatic rings. The molecule has 0 aromatic heterocycles. The summed E-state index contributed by atoms with van der Waals surface area (Å²) in [5.74, 6) is -3.47. The van der Waals surface area contributed by atoms with Crippen LogP contribution >= 0.6 is 22.6 Å². The van der Waals surface area contributed by atoms with Crippen molar-refractivity contribution >= 4 is 22.6 Å². The number of ether oxygens (including phenoxy) is 1. The Balaban J connectivity index is 2.30. The Kier molecular flexibility index (Phi) is 4.96. The molecule has 5 atom stereocenters. The maximum atomic E-state index is 14.4. The van der Waals surface area contributed by atoms with E-state index in [1.807, 2.05) is 0 Å². The van der Waals surface area contributed by atoms with Crippen LogP contribution in [0.2, 0.25) is 0 Å². The molecule has 0 aliphatic carbocycles. The maximum absolute atomic E-state index is 14.4. The molecular weight excluding hydrogens is 385 g/mol. The van der Waals surface area contributed by atoms with E-state index in [9.17, 15) is 19.0 Å². The number of benzene rings is 1. The fourth-order valence-corrected chi connectivity index (χ4v) is 3.02. The predicted molar refractivity (Wildman–Crippen MR) is 75.9 cm³/mol. The summed E-state index contributed by atoms with van der Waals surface area (Å²) in [5.41, 5.74) is -0.306. The van der Waals surface area contributed by atoms with Crippen LogP contribution in [0.4, 0.5) is 8.78 Å². The zero-order chi connectivity index (χ0) is 14.9. The molecule has 4 nitrogen and oxygen atoms in total. The van der Waals surface area contributed by atoms with E-state index in [-0.39, 0.29) is 5.56 Å². The van der Waals surface area contributed by atoms with E-state index in [1.165, 1.54) is 24.3 Å². The Morgan fingerprint density at radius 3 is 2.30 bits per heavy atom. The highest BCUT2D eigenvalue weighted by Gasteiger charge is 2.54. The number of aliphatic hydroxyl groups excluding tert-OH is 3. The van der Waals surface area contributed by atoms with Crippen LogP contribution < -0.4 is 0 Å². The van der Waals surface area contributed by atoms with Gasteiger partial charge in [0.2, 0.25) is 0 Å². The van der Waals surface area contributed by atoms with Gasteiger partial charge in [0, 0.05) is 5.56 Å². The van der Waals surface area contributed by atoms with E-state index in [2.05, 4.69) is 0 Å². The van der Waals surface area contributed by atoms with Gasteiger partial charge in [0.1, 0.15) is 6.10 Å². The molecular formula is C13H15F2IO4. The second kappa shape index (κ2) is 6.18. The first-order valence-electron chi connectivity index (χ1n) is 6.09. The van der Waals surface area contributed by atoms with Crippen molar-refractivity contribution in [3.63, 3.8) is 0 Å². The zero-order valence-electron chi connectivity index (χ0n) is 10.4. The van der Waals surface area contributed by atoms with Gasteiger partial charge in [-0.15, -0.1) is 0 Å². The molecule has 0 spiro atoms. The monoisotopic (exact) mass is 400 g/mol. The summed E-state index contributed by atoms with van der Waals surface area (Å²) in [5, 5.41) is 28.9. The number of rotatable bonds is 3. The van der Waals surface area contributed by atoms with Gasteiger partial charge in [0.05, 0.1) is 22.7 Å². The number of alkyl halides is 3. The topological polar surface area (TPSA) is 69.9 Å². The van der Waals surface area contributed by atoms with E-state index in [1.54, 1.807) is 28.7 Å². The van der Waals surface area contributed by atoms with Crippen molar-refractivity contribution < 1.29 is 28.8 Å². The molecule has 1 heterocycles. The molecule has 1 fully saturated rings. The summed E-state index contributed by atoms with van der Waals surface area (Å²) in [6, 6.07) is 6.97. The van der Waals surface area contributed by atoms with Gasteiger partial charge >= 0.3 is 5.92 Å². The predicted octanol–water partition coefficient (Wildman–Crippen LogP) is 1.06. The van der Waals surface area contributed by atoms with Gasteiger partial charge in [-0.3, -0.25) is 0 Å². The summed E-state index contributed by atoms with van der Waals surface area (Å²) < 4.78 is 33.3. The van der Waals surface area contributed by atoms with E-state index in [4.69, 9.17) is 9.84 Å². The molecule has 3 N–H and O–H groups in total. The minimum atomic E-state index is -3.47. The molecule has 0 saturated carbocycles. The quantitative estimate of drug-likeness (QED) is 0.525. The van der Waals surface area contributed by atoms with Crippen molar-refractivity contribution in [2.75, 3.05) is 6.61 Å². The SMILES string of the molecule is OC[C@H]1O[C@@H](C(F)(F)c2ccccc2)[C@H](O)[C@@H](O)[C@@H]1I. The fourth-order valence-electron chi connectivity index (χ4n) is 2.20. The lowest BCUT2D eigenvalue weighted by molar-refractivity contribution is -0.249. The number of halogens is 3. The highest BCUT2D eigenvalue weighted by molar-refractivity contribution is 14.1. The highest BCUT2D eigenvalue weighted by Crippen LogP contribution is 2.40. The van der Waals surface area contributed by atoms with Crippen LogP contribution in [0.1, 0.15) is 5.56 Å². The van der Waals surface area contributed by atoms with Crippen LogP contribution in [0.3, 0.4) is 0 Å². The molecule has 20 heavy (non-hydrogen) atoms. The highest BCUT2D eigenvalue weighted by atomic mass is 127. The third-order valence-electron chi connectivity index (χ3n) is 3.36. The van der Waals surface area contributed by atoms with E-state index >= 15 is 0 Å². The van der Waals surface area contributed by atoms with Crippen LogP contribution in [-0.2, 0) is 10.7 Å². The summed E-state index contributed by atoms with van der Waals surface area (Å²) in [6.45, 7) is -0.501. The summed E-state index contributed by atoms with van der Waals surface area (Å²) >= 11 is 1.77. The first-order valence-corrected chi connectivity index (χ1v) is 7.34. The first-order chi connectivity index (χ1) is 9.39. The van der Waals surface area contributed by atoms with Gasteiger partial charge in [-0.25, -0.2) is 0 Å². The maximum Gasteiger partial charge on any atom is 0.301 e. The minimum absolute atomic E-state index is 0.306. The lowest BCUT2D eigenvalue weighted by Crippen LogP contribution is -2.60. The van der Waals surface area contributed by atoms with E-state index < -0.39 is 40.9 Å². The van der Waals surface area contributed by atoms with Crippen LogP contribution in [-0.4, -0.2) is 50.3 Å². The lowest BCUT2D eigenvalue weighted by atomic mass is 9.91. The van der Waals surface area contributed by atoms with Crippen molar-refractivity contribution in [3.05, 3.63) is 35.9 Å². The Bertz CT molecular complexity index is 443. The van der Waals surface area contributed by atoms with Gasteiger partial charge in [-0.05, 0) is 0 Å². The molecule has 7 heteroatoms. The Morgan fingerprint density at radius 1 is 1.15 bits per heavy atom. The Labute approximate surface area is 128 Å². The molecule has 0 unspecified atom stereocenters. The molecule has 2 rings (SSSR count). The zero-order valence-corrected chi connectivity index (χ0v) is 12.5. The third kappa shape index (κ3) is 2.82. The third-order valence-corrected chi connectivity index (χ3v) is 4.90. The normalized spacial score (nSPS) is 35.0. The fraction of sp³-hybridized carbons (Fsp3) is 0.538. The number of aliphatic hydroxyl groups is 3. The first kappa shape index (κ1) is 16.0. The van der Waals surface area contributed by atoms with Crippen molar-refractivity contribution in [3.8, 4) is 0 Å². The molecule has 0 radical (unpaired) electrons. The lowest BCUT2D eigenvalue weighted by Gasteiger charge is -2.43. The Morgan fingerprint density at radius 2 is 1.75 bits per heavy atom. The largest absolute Gasteiger partial charge is 0.394 e. The van der Waals surface area contributed by atoms with Gasteiger partial charge in [0.25, 0.3) is 0 Å². The molecule has 1 aliphatic rings. The average Bonchev–Trinajstić information content (AvgIpc) is 2.46. The van der Waals surface area contributed by atoms with Crippen molar-refractivity contribution in [2.45, 2.75) is 34.3 Å². The molecule has 0 amide bonds. The smallest absolute Gasteiger partial charge is 0.301 e. The van der Waals surface area contributed by atoms with Gasteiger partial charge in [-0.2, -0.15) is 8.78 Å². The van der Waals surface area contributed by atoms with Gasteiger partial charge < -0.3 is 20.1 Å². The molecule has 0 bridgehead atoms. The molecule has 1 aliphatic heterocycles. The van der Waals surface area contributed by atoms with Crippen LogP contribution in [0.25, 0.3) is 0 Å². The van der Waals surface area contributed by atoms with Crippen LogP contribution in [0.15, 0.2) is 30.3 Å². The second-order valence-corrected chi connectivity index (χ2v) is 6.13.